The van der Waals surface area contributed by atoms with Gasteiger partial charge >= 0.3 is 12.1 Å². The molecule has 1 fully saturated rings. The Labute approximate surface area is 123 Å². The van der Waals surface area contributed by atoms with E-state index in [4.69, 9.17) is 10.5 Å². The molecule has 1 aliphatic heterocycles. The Hall–Kier alpha value is -1.83. The minimum Gasteiger partial charge on any atom is -0.469 e. The monoisotopic (exact) mass is 301 g/mol. The summed E-state index contributed by atoms with van der Waals surface area (Å²) in [6.07, 6.45) is 0.371. The minimum absolute atomic E-state index is 0.00234. The fourth-order valence-corrected chi connectivity index (χ4v) is 2.56. The zero-order chi connectivity index (χ0) is 15.8. The summed E-state index contributed by atoms with van der Waals surface area (Å²) in [5.74, 6) is -0.753. The van der Waals surface area contributed by atoms with Crippen LogP contribution in [-0.2, 0) is 19.1 Å². The van der Waals surface area contributed by atoms with Crippen molar-refractivity contribution >= 4 is 18.0 Å². The first-order valence-electron chi connectivity index (χ1n) is 6.95. The maximum absolute atomic E-state index is 11.5. The molecule has 1 aliphatic rings. The summed E-state index contributed by atoms with van der Waals surface area (Å²) in [5, 5.41) is 2.74. The van der Waals surface area contributed by atoms with Crippen LogP contribution in [0, 0.1) is 5.92 Å². The van der Waals surface area contributed by atoms with Crippen molar-refractivity contribution in [1.29, 1.82) is 0 Å². The third kappa shape index (κ3) is 6.44. The van der Waals surface area contributed by atoms with E-state index in [9.17, 15) is 14.4 Å². The molecule has 0 saturated carbocycles. The highest BCUT2D eigenvalue weighted by atomic mass is 16.5. The number of carbonyl (C=O) groups excluding carboxylic acids is 3. The molecule has 120 valence electrons. The van der Waals surface area contributed by atoms with Gasteiger partial charge in [0.2, 0.25) is 5.91 Å². The number of nitrogens with two attached hydrogens (primary N) is 1. The van der Waals surface area contributed by atoms with E-state index in [1.54, 1.807) is 6.92 Å². The molecule has 2 amide bonds. The van der Waals surface area contributed by atoms with E-state index in [-0.39, 0.29) is 37.5 Å². The van der Waals surface area contributed by atoms with Crippen molar-refractivity contribution in [2.24, 2.45) is 11.7 Å². The second kappa shape index (κ2) is 8.46. The summed E-state index contributed by atoms with van der Waals surface area (Å²) < 4.78 is 9.51. The maximum atomic E-state index is 11.5. The number of esters is 1. The molecular formula is C13H23N3O5. The fraction of sp³-hybridized carbons (Fsp3) is 0.769. The van der Waals surface area contributed by atoms with E-state index >= 15 is 0 Å². The number of rotatable bonds is 6. The first-order valence-corrected chi connectivity index (χ1v) is 6.95. The molecule has 0 aromatic rings. The topological polar surface area (TPSA) is 111 Å². The van der Waals surface area contributed by atoms with Crippen LogP contribution in [0.25, 0.3) is 0 Å². The smallest absolute Gasteiger partial charge is 0.407 e. The van der Waals surface area contributed by atoms with E-state index in [1.165, 1.54) is 7.11 Å². The molecule has 21 heavy (non-hydrogen) atoms. The number of likely N-dealkylation sites (tertiary alicyclic amines) is 1. The van der Waals surface area contributed by atoms with E-state index in [0.717, 1.165) is 0 Å². The number of primary amides is 1. The normalized spacial score (nSPS) is 22.4. The number of nitrogens with zero attached hydrogens (tertiary/aromatic N) is 1. The van der Waals surface area contributed by atoms with Gasteiger partial charge in [-0.2, -0.15) is 0 Å². The lowest BCUT2D eigenvalue weighted by atomic mass is 9.91. The number of methoxy groups -OCH3 is 1. The van der Waals surface area contributed by atoms with Crippen LogP contribution in [0.1, 0.15) is 19.8 Å². The predicted molar refractivity (Wildman–Crippen MR) is 74.3 cm³/mol. The van der Waals surface area contributed by atoms with Gasteiger partial charge in [0.25, 0.3) is 0 Å². The number of alkyl carbamates (subject to hydrolysis) is 1. The zero-order valence-electron chi connectivity index (χ0n) is 12.5. The Kier molecular flexibility index (Phi) is 6.93. The van der Waals surface area contributed by atoms with Crippen LogP contribution >= 0.6 is 0 Å². The van der Waals surface area contributed by atoms with Gasteiger partial charge in [0.1, 0.15) is 0 Å². The molecule has 0 aliphatic carbocycles. The molecule has 2 unspecified atom stereocenters. The van der Waals surface area contributed by atoms with Gasteiger partial charge in [0, 0.05) is 25.6 Å². The molecule has 1 saturated heterocycles. The van der Waals surface area contributed by atoms with Crippen LogP contribution in [0.4, 0.5) is 4.79 Å². The summed E-state index contributed by atoms with van der Waals surface area (Å²) in [4.78, 5) is 35.8. The molecule has 2 atom stereocenters. The van der Waals surface area contributed by atoms with E-state index in [2.05, 4.69) is 10.1 Å². The van der Waals surface area contributed by atoms with Crippen molar-refractivity contribution in [1.82, 2.24) is 10.2 Å². The number of hydrogen-bond acceptors (Lipinski definition) is 6. The van der Waals surface area contributed by atoms with Gasteiger partial charge in [-0.15, -0.1) is 0 Å². The Morgan fingerprint density at radius 3 is 2.62 bits per heavy atom. The van der Waals surface area contributed by atoms with Gasteiger partial charge in [-0.25, -0.2) is 4.79 Å². The van der Waals surface area contributed by atoms with Gasteiger partial charge in [0.15, 0.2) is 0 Å². The third-order valence-corrected chi connectivity index (χ3v) is 3.27. The first-order chi connectivity index (χ1) is 9.94. The lowest BCUT2D eigenvalue weighted by molar-refractivity contribution is -0.142. The highest BCUT2D eigenvalue weighted by molar-refractivity contribution is 5.76. The second-order valence-electron chi connectivity index (χ2n) is 5.10. The van der Waals surface area contributed by atoms with Gasteiger partial charge in [0.05, 0.1) is 20.3 Å². The van der Waals surface area contributed by atoms with Crippen molar-refractivity contribution in [2.45, 2.75) is 25.8 Å². The Balaban J connectivity index is 2.62. The Bertz CT molecular complexity index is 388. The number of piperidine rings is 1. The van der Waals surface area contributed by atoms with Crippen LogP contribution in [0.2, 0.25) is 0 Å². The summed E-state index contributed by atoms with van der Waals surface area (Å²) in [7, 11) is 1.33. The van der Waals surface area contributed by atoms with Gasteiger partial charge < -0.3 is 20.5 Å². The van der Waals surface area contributed by atoms with Gasteiger partial charge in [-0.3, -0.25) is 14.5 Å². The highest BCUT2D eigenvalue weighted by Crippen LogP contribution is 2.20. The largest absolute Gasteiger partial charge is 0.469 e. The maximum Gasteiger partial charge on any atom is 0.407 e. The van der Waals surface area contributed by atoms with Crippen LogP contribution in [-0.4, -0.2) is 62.3 Å². The summed E-state index contributed by atoms with van der Waals surface area (Å²) in [6, 6.07) is -0.188. The molecule has 1 rings (SSSR count). The van der Waals surface area contributed by atoms with E-state index in [0.29, 0.717) is 19.5 Å². The van der Waals surface area contributed by atoms with Crippen molar-refractivity contribution in [3.63, 3.8) is 0 Å². The Morgan fingerprint density at radius 2 is 2.05 bits per heavy atom. The number of carbonyl (C=O) groups is 3. The number of hydrogen-bond donors (Lipinski definition) is 2. The number of ether oxygens (including phenoxy) is 2. The van der Waals surface area contributed by atoms with Crippen LogP contribution in [0.5, 0.6) is 0 Å². The highest BCUT2D eigenvalue weighted by Gasteiger charge is 2.30. The van der Waals surface area contributed by atoms with Crippen molar-refractivity contribution < 1.29 is 23.9 Å². The summed E-state index contributed by atoms with van der Waals surface area (Å²) in [5.41, 5.74) is 5.21. The van der Waals surface area contributed by atoms with Gasteiger partial charge in [-0.05, 0) is 19.3 Å². The van der Waals surface area contributed by atoms with Crippen molar-refractivity contribution in [3.05, 3.63) is 0 Å². The second-order valence-corrected chi connectivity index (χ2v) is 5.10. The Morgan fingerprint density at radius 1 is 1.33 bits per heavy atom. The first kappa shape index (κ1) is 17.2. The van der Waals surface area contributed by atoms with Crippen LogP contribution in [0.3, 0.4) is 0 Å². The van der Waals surface area contributed by atoms with Crippen LogP contribution in [0.15, 0.2) is 0 Å². The molecule has 0 bridgehead atoms. The van der Waals surface area contributed by atoms with Crippen molar-refractivity contribution in [3.8, 4) is 0 Å². The fourth-order valence-electron chi connectivity index (χ4n) is 2.56. The molecule has 0 spiro atoms. The molecule has 0 aromatic heterocycles. The quantitative estimate of drug-likeness (QED) is 0.638. The SMILES string of the molecule is CCOC(=O)NC1CC(CC(=O)OC)CN(CC(N)=O)C1. The molecule has 8 heteroatoms. The predicted octanol–water partition coefficient (Wildman–Crippen LogP) is -0.529. The van der Waals surface area contributed by atoms with Crippen molar-refractivity contribution in [2.75, 3.05) is 33.4 Å². The van der Waals surface area contributed by atoms with Crippen LogP contribution < -0.4 is 11.1 Å². The lowest BCUT2D eigenvalue weighted by Gasteiger charge is -2.36. The summed E-state index contributed by atoms with van der Waals surface area (Å²) >= 11 is 0. The molecular weight excluding hydrogens is 278 g/mol. The average Bonchev–Trinajstić information content (AvgIpc) is 2.37. The molecule has 8 nitrogen and oxygen atoms in total. The lowest BCUT2D eigenvalue weighted by Crippen LogP contribution is -2.53. The molecule has 0 aromatic carbocycles. The average molecular weight is 301 g/mol. The molecule has 1 heterocycles. The third-order valence-electron chi connectivity index (χ3n) is 3.27. The standard InChI is InChI=1S/C13H23N3O5/c1-3-21-13(19)15-10-4-9(5-12(18)20-2)6-16(7-10)8-11(14)17/h9-10H,3-8H2,1-2H3,(H2,14,17)(H,15,19). The zero-order valence-corrected chi connectivity index (χ0v) is 12.5. The van der Waals surface area contributed by atoms with Gasteiger partial charge in [-0.1, -0.05) is 0 Å². The summed E-state index contributed by atoms with van der Waals surface area (Å²) in [6.45, 7) is 3.17. The number of amides is 2. The number of nitrogens with one attached hydrogen (secondary N) is 1. The van der Waals surface area contributed by atoms with E-state index in [1.807, 2.05) is 4.90 Å². The molecule has 0 radical (unpaired) electrons. The molecule has 3 N–H and O–H groups in total. The minimum atomic E-state index is -0.500. The van der Waals surface area contributed by atoms with E-state index < -0.39 is 12.0 Å².